The molecule has 1 aromatic rings. The number of anilines is 1. The van der Waals surface area contributed by atoms with Crippen molar-refractivity contribution in [2.24, 2.45) is 0 Å². The van der Waals surface area contributed by atoms with Crippen molar-refractivity contribution < 1.29 is 4.79 Å². The maximum Gasteiger partial charge on any atom is 0.237 e. The molecule has 1 saturated heterocycles. The minimum atomic E-state index is 0.0151. The predicted octanol–water partition coefficient (Wildman–Crippen LogP) is 1.37. The van der Waals surface area contributed by atoms with Gasteiger partial charge in [0.2, 0.25) is 5.91 Å². The van der Waals surface area contributed by atoms with Gasteiger partial charge in [0.25, 0.3) is 0 Å². The highest BCUT2D eigenvalue weighted by molar-refractivity contribution is 5.81. The number of hydrogen-bond donors (Lipinski definition) is 2. The molecule has 4 heteroatoms. The Morgan fingerprint density at radius 2 is 2.11 bits per heavy atom. The van der Waals surface area contributed by atoms with Gasteiger partial charge in [0.05, 0.1) is 6.04 Å². The second-order valence-electron chi connectivity index (χ2n) is 4.84. The first-order valence-corrected chi connectivity index (χ1v) is 6.51. The zero-order valence-electron chi connectivity index (χ0n) is 10.9. The Balaban J connectivity index is 2.05. The molecule has 0 bridgehead atoms. The van der Waals surface area contributed by atoms with Crippen molar-refractivity contribution >= 4 is 11.6 Å². The van der Waals surface area contributed by atoms with Crippen molar-refractivity contribution in [2.75, 3.05) is 19.3 Å². The number of nitrogens with two attached hydrogens (primary N) is 1. The van der Waals surface area contributed by atoms with Crippen molar-refractivity contribution in [1.29, 1.82) is 0 Å². The molecule has 1 heterocycles. The molecule has 1 atom stereocenters. The number of rotatable bonds is 3. The number of piperidine rings is 1. The molecule has 1 fully saturated rings. The summed E-state index contributed by atoms with van der Waals surface area (Å²) in [6, 6.07) is 7.90. The lowest BCUT2D eigenvalue weighted by atomic mass is 10.0. The Kier molecular flexibility index (Phi) is 4.20. The second-order valence-corrected chi connectivity index (χ2v) is 4.84. The molecule has 0 aromatic heterocycles. The van der Waals surface area contributed by atoms with Crippen molar-refractivity contribution in [3.63, 3.8) is 0 Å². The van der Waals surface area contributed by atoms with Gasteiger partial charge in [-0.05, 0) is 37.1 Å². The van der Waals surface area contributed by atoms with E-state index >= 15 is 0 Å². The first kappa shape index (κ1) is 12.9. The molecule has 0 saturated carbocycles. The standard InChI is InChI=1S/C14H21N3O/c1-16-14(18)13-4-2-3-9-17(13)10-11-5-7-12(15)8-6-11/h5-8,13H,2-4,9-10,15H2,1H3,(H,16,18). The van der Waals surface area contributed by atoms with Gasteiger partial charge in [-0.3, -0.25) is 9.69 Å². The number of hydrogen-bond acceptors (Lipinski definition) is 3. The molecular formula is C14H21N3O. The molecule has 1 unspecified atom stereocenters. The molecule has 1 amide bonds. The fourth-order valence-electron chi connectivity index (χ4n) is 2.50. The molecule has 0 aliphatic carbocycles. The number of carbonyl (C=O) groups excluding carboxylic acids is 1. The first-order valence-electron chi connectivity index (χ1n) is 6.51. The molecule has 0 spiro atoms. The first-order chi connectivity index (χ1) is 8.70. The number of nitrogens with zero attached hydrogens (tertiary/aromatic N) is 1. The summed E-state index contributed by atoms with van der Waals surface area (Å²) in [6.45, 7) is 1.81. The van der Waals surface area contributed by atoms with E-state index in [2.05, 4.69) is 10.2 Å². The maximum absolute atomic E-state index is 11.8. The van der Waals surface area contributed by atoms with E-state index in [1.165, 1.54) is 12.0 Å². The SMILES string of the molecule is CNC(=O)C1CCCCN1Cc1ccc(N)cc1. The summed E-state index contributed by atoms with van der Waals surface area (Å²) in [5.74, 6) is 0.130. The molecule has 3 N–H and O–H groups in total. The van der Waals surface area contributed by atoms with E-state index in [9.17, 15) is 4.79 Å². The summed E-state index contributed by atoms with van der Waals surface area (Å²) in [5, 5.41) is 2.76. The summed E-state index contributed by atoms with van der Waals surface area (Å²) in [6.07, 6.45) is 3.26. The van der Waals surface area contributed by atoms with Crippen molar-refractivity contribution in [3.05, 3.63) is 29.8 Å². The lowest BCUT2D eigenvalue weighted by Crippen LogP contribution is -2.48. The predicted molar refractivity (Wildman–Crippen MR) is 73.0 cm³/mol. The molecule has 4 nitrogen and oxygen atoms in total. The smallest absolute Gasteiger partial charge is 0.237 e. The van der Waals surface area contributed by atoms with Gasteiger partial charge in [0.1, 0.15) is 0 Å². The molecule has 98 valence electrons. The molecule has 18 heavy (non-hydrogen) atoms. The van der Waals surface area contributed by atoms with Crippen molar-refractivity contribution in [2.45, 2.75) is 31.8 Å². The molecule has 2 rings (SSSR count). The van der Waals surface area contributed by atoms with Crippen LogP contribution in [0.1, 0.15) is 24.8 Å². The number of nitrogen functional groups attached to an aromatic ring is 1. The molecule has 1 aliphatic rings. The van der Waals surface area contributed by atoms with Gasteiger partial charge < -0.3 is 11.1 Å². The minimum Gasteiger partial charge on any atom is -0.399 e. The zero-order valence-corrected chi connectivity index (χ0v) is 10.9. The van der Waals surface area contributed by atoms with Crippen LogP contribution in [0, 0.1) is 0 Å². The lowest BCUT2D eigenvalue weighted by Gasteiger charge is -2.34. The number of amides is 1. The Morgan fingerprint density at radius 3 is 2.78 bits per heavy atom. The quantitative estimate of drug-likeness (QED) is 0.793. The van der Waals surface area contributed by atoms with Crippen LogP contribution in [0.15, 0.2) is 24.3 Å². The monoisotopic (exact) mass is 247 g/mol. The van der Waals surface area contributed by atoms with E-state index in [4.69, 9.17) is 5.73 Å². The zero-order chi connectivity index (χ0) is 13.0. The van der Waals surface area contributed by atoms with Crippen molar-refractivity contribution in [1.82, 2.24) is 10.2 Å². The van der Waals surface area contributed by atoms with Gasteiger partial charge in [0.15, 0.2) is 0 Å². The highest BCUT2D eigenvalue weighted by atomic mass is 16.2. The summed E-state index contributed by atoms with van der Waals surface area (Å²) in [7, 11) is 1.71. The Bertz CT molecular complexity index is 402. The van der Waals surface area contributed by atoms with E-state index in [-0.39, 0.29) is 11.9 Å². The minimum absolute atomic E-state index is 0.0151. The van der Waals surface area contributed by atoms with Crippen LogP contribution in [0.4, 0.5) is 5.69 Å². The van der Waals surface area contributed by atoms with Gasteiger partial charge in [-0.15, -0.1) is 0 Å². The van der Waals surface area contributed by atoms with Crippen LogP contribution in [0.25, 0.3) is 0 Å². The average Bonchev–Trinajstić information content (AvgIpc) is 2.41. The second kappa shape index (κ2) is 5.87. The van der Waals surface area contributed by atoms with Crippen LogP contribution in [-0.2, 0) is 11.3 Å². The van der Waals surface area contributed by atoms with Crippen LogP contribution in [-0.4, -0.2) is 30.4 Å². The van der Waals surface area contributed by atoms with E-state index in [0.717, 1.165) is 31.6 Å². The van der Waals surface area contributed by atoms with Gasteiger partial charge in [0, 0.05) is 19.3 Å². The molecule has 1 aliphatic heterocycles. The summed E-state index contributed by atoms with van der Waals surface area (Å²) in [5.41, 5.74) is 7.67. The highest BCUT2D eigenvalue weighted by Crippen LogP contribution is 2.20. The third-order valence-electron chi connectivity index (χ3n) is 3.53. The van der Waals surface area contributed by atoms with Gasteiger partial charge in [-0.25, -0.2) is 0 Å². The summed E-state index contributed by atoms with van der Waals surface area (Å²) < 4.78 is 0. The van der Waals surface area contributed by atoms with Crippen LogP contribution in [0.2, 0.25) is 0 Å². The lowest BCUT2D eigenvalue weighted by molar-refractivity contribution is -0.127. The topological polar surface area (TPSA) is 58.4 Å². The molecular weight excluding hydrogens is 226 g/mol. The Morgan fingerprint density at radius 1 is 1.39 bits per heavy atom. The Hall–Kier alpha value is -1.55. The van der Waals surface area contributed by atoms with Crippen molar-refractivity contribution in [3.8, 4) is 0 Å². The maximum atomic E-state index is 11.8. The van der Waals surface area contributed by atoms with E-state index in [1.54, 1.807) is 7.05 Å². The third-order valence-corrected chi connectivity index (χ3v) is 3.53. The average molecular weight is 247 g/mol. The van der Waals surface area contributed by atoms with Crippen LogP contribution in [0.5, 0.6) is 0 Å². The number of nitrogens with one attached hydrogen (secondary N) is 1. The normalized spacial score (nSPS) is 20.6. The third kappa shape index (κ3) is 3.01. The number of benzene rings is 1. The fraction of sp³-hybridized carbons (Fsp3) is 0.500. The fourth-order valence-corrected chi connectivity index (χ4v) is 2.50. The van der Waals surface area contributed by atoms with Gasteiger partial charge in [-0.1, -0.05) is 18.6 Å². The molecule has 0 radical (unpaired) electrons. The highest BCUT2D eigenvalue weighted by Gasteiger charge is 2.27. The number of carbonyl (C=O) groups is 1. The van der Waals surface area contributed by atoms with Gasteiger partial charge >= 0.3 is 0 Å². The Labute approximate surface area is 108 Å². The molecule has 1 aromatic carbocycles. The largest absolute Gasteiger partial charge is 0.399 e. The van der Waals surface area contributed by atoms with E-state index in [0.29, 0.717) is 0 Å². The number of likely N-dealkylation sites (N-methyl/N-ethyl adjacent to an activating group) is 1. The summed E-state index contributed by atoms with van der Waals surface area (Å²) >= 11 is 0. The van der Waals surface area contributed by atoms with Crippen LogP contribution >= 0.6 is 0 Å². The van der Waals surface area contributed by atoms with Crippen LogP contribution in [0.3, 0.4) is 0 Å². The number of likely N-dealkylation sites (tertiary alicyclic amines) is 1. The van der Waals surface area contributed by atoms with Gasteiger partial charge in [-0.2, -0.15) is 0 Å². The van der Waals surface area contributed by atoms with E-state index in [1.807, 2.05) is 24.3 Å². The van der Waals surface area contributed by atoms with E-state index < -0.39 is 0 Å². The van der Waals surface area contributed by atoms with Crippen LogP contribution < -0.4 is 11.1 Å². The summed E-state index contributed by atoms with van der Waals surface area (Å²) in [4.78, 5) is 14.1.